The minimum atomic E-state index is 0.138. The Balaban J connectivity index is 1.74. The molecule has 2 fully saturated rings. The molecule has 13 heavy (non-hydrogen) atoms. The Bertz CT molecular complexity index is 165. The van der Waals surface area contributed by atoms with E-state index in [0.29, 0.717) is 13.2 Å². The molecule has 76 valence electrons. The lowest BCUT2D eigenvalue weighted by Crippen LogP contribution is -2.30. The maximum Gasteiger partial charge on any atom is 0.112 e. The number of rotatable bonds is 4. The van der Waals surface area contributed by atoms with Gasteiger partial charge in [-0.05, 0) is 19.4 Å². The molecule has 0 aromatic carbocycles. The molecule has 0 bridgehead atoms. The molecular weight excluding hydrogens is 170 g/mol. The molecule has 2 heterocycles. The highest BCUT2D eigenvalue weighted by Gasteiger charge is 2.42. The van der Waals surface area contributed by atoms with Crippen molar-refractivity contribution < 1.29 is 14.2 Å². The van der Waals surface area contributed by atoms with E-state index in [4.69, 9.17) is 19.9 Å². The fourth-order valence-corrected chi connectivity index (χ4v) is 1.89. The fraction of sp³-hybridized carbons (Fsp3) is 1.00. The van der Waals surface area contributed by atoms with Crippen molar-refractivity contribution >= 4 is 0 Å². The van der Waals surface area contributed by atoms with E-state index >= 15 is 0 Å². The predicted octanol–water partition coefficient (Wildman–Crippen LogP) is -0.0919. The van der Waals surface area contributed by atoms with Gasteiger partial charge in [0.2, 0.25) is 0 Å². The molecule has 2 aliphatic heterocycles. The van der Waals surface area contributed by atoms with E-state index < -0.39 is 0 Å². The summed E-state index contributed by atoms with van der Waals surface area (Å²) in [7, 11) is 0. The molecule has 4 heteroatoms. The molecule has 2 rings (SSSR count). The van der Waals surface area contributed by atoms with E-state index in [1.807, 2.05) is 0 Å². The Kier molecular flexibility index (Phi) is 3.16. The topological polar surface area (TPSA) is 53.7 Å². The van der Waals surface area contributed by atoms with E-state index in [1.165, 1.54) is 0 Å². The van der Waals surface area contributed by atoms with Crippen LogP contribution in [0, 0.1) is 0 Å². The standard InChI is InChI=1S/C9H17NO3/c10-3-1-4-11-8-6-13-7-2-5-12-9(7)8/h7-9H,1-6,10H2. The summed E-state index contributed by atoms with van der Waals surface area (Å²) in [5.41, 5.74) is 5.38. The van der Waals surface area contributed by atoms with Gasteiger partial charge < -0.3 is 19.9 Å². The van der Waals surface area contributed by atoms with Crippen molar-refractivity contribution in [3.8, 4) is 0 Å². The first kappa shape index (κ1) is 9.40. The van der Waals surface area contributed by atoms with Crippen LogP contribution in [0.1, 0.15) is 12.8 Å². The summed E-state index contributed by atoms with van der Waals surface area (Å²) in [6, 6.07) is 0. The highest BCUT2D eigenvalue weighted by Crippen LogP contribution is 2.28. The van der Waals surface area contributed by atoms with Crippen LogP contribution in [0.15, 0.2) is 0 Å². The van der Waals surface area contributed by atoms with Crippen molar-refractivity contribution in [2.45, 2.75) is 31.2 Å². The quantitative estimate of drug-likeness (QED) is 0.625. The Labute approximate surface area is 78.3 Å². The van der Waals surface area contributed by atoms with Crippen LogP contribution in [-0.4, -0.2) is 44.7 Å². The molecule has 2 aliphatic rings. The van der Waals surface area contributed by atoms with Crippen LogP contribution in [0.3, 0.4) is 0 Å². The zero-order valence-electron chi connectivity index (χ0n) is 7.78. The van der Waals surface area contributed by atoms with Crippen molar-refractivity contribution in [3.63, 3.8) is 0 Å². The highest BCUT2D eigenvalue weighted by atomic mass is 16.6. The lowest BCUT2D eigenvalue weighted by Gasteiger charge is -2.16. The summed E-state index contributed by atoms with van der Waals surface area (Å²) in [4.78, 5) is 0. The summed E-state index contributed by atoms with van der Waals surface area (Å²) >= 11 is 0. The van der Waals surface area contributed by atoms with Crippen LogP contribution in [0.25, 0.3) is 0 Å². The highest BCUT2D eigenvalue weighted by molar-refractivity contribution is 4.89. The number of hydrogen-bond acceptors (Lipinski definition) is 4. The van der Waals surface area contributed by atoms with Gasteiger partial charge in [0.05, 0.1) is 12.7 Å². The summed E-state index contributed by atoms with van der Waals surface area (Å²) in [6.07, 6.45) is 2.52. The van der Waals surface area contributed by atoms with Crippen LogP contribution >= 0.6 is 0 Å². The van der Waals surface area contributed by atoms with E-state index in [2.05, 4.69) is 0 Å². The molecule has 2 N–H and O–H groups in total. The maximum absolute atomic E-state index is 5.63. The SMILES string of the molecule is NCCCOC1COC2CCOC21. The van der Waals surface area contributed by atoms with Gasteiger partial charge in [-0.25, -0.2) is 0 Å². The second-order valence-corrected chi connectivity index (χ2v) is 3.55. The number of ether oxygens (including phenoxy) is 3. The average Bonchev–Trinajstić information content (AvgIpc) is 2.68. The largest absolute Gasteiger partial charge is 0.373 e. The first-order chi connectivity index (χ1) is 6.42. The molecule has 0 saturated carbocycles. The summed E-state index contributed by atoms with van der Waals surface area (Å²) in [6.45, 7) is 2.89. The van der Waals surface area contributed by atoms with Crippen molar-refractivity contribution in [1.82, 2.24) is 0 Å². The molecule has 0 aliphatic carbocycles. The van der Waals surface area contributed by atoms with Crippen LogP contribution < -0.4 is 5.73 Å². The number of fused-ring (bicyclic) bond motifs is 1. The van der Waals surface area contributed by atoms with Crippen molar-refractivity contribution in [2.75, 3.05) is 26.4 Å². The monoisotopic (exact) mass is 187 g/mol. The van der Waals surface area contributed by atoms with E-state index in [-0.39, 0.29) is 18.3 Å². The number of hydrogen-bond donors (Lipinski definition) is 1. The maximum atomic E-state index is 5.63. The molecule has 3 atom stereocenters. The van der Waals surface area contributed by atoms with Gasteiger partial charge in [0.25, 0.3) is 0 Å². The third-order valence-electron chi connectivity index (χ3n) is 2.60. The van der Waals surface area contributed by atoms with Gasteiger partial charge in [-0.2, -0.15) is 0 Å². The molecule has 0 aromatic heterocycles. The molecule has 2 saturated heterocycles. The molecule has 0 amide bonds. The third-order valence-corrected chi connectivity index (χ3v) is 2.60. The minimum absolute atomic E-state index is 0.138. The van der Waals surface area contributed by atoms with Gasteiger partial charge in [-0.3, -0.25) is 0 Å². The molecule has 0 spiro atoms. The van der Waals surface area contributed by atoms with E-state index in [1.54, 1.807) is 0 Å². The van der Waals surface area contributed by atoms with Crippen molar-refractivity contribution in [3.05, 3.63) is 0 Å². The van der Waals surface area contributed by atoms with Crippen molar-refractivity contribution in [1.29, 1.82) is 0 Å². The molecule has 0 aromatic rings. The summed E-state index contributed by atoms with van der Waals surface area (Å²) in [5.74, 6) is 0. The lowest BCUT2D eigenvalue weighted by atomic mass is 10.1. The smallest absolute Gasteiger partial charge is 0.112 e. The zero-order valence-corrected chi connectivity index (χ0v) is 7.78. The third kappa shape index (κ3) is 2.02. The second-order valence-electron chi connectivity index (χ2n) is 3.55. The van der Waals surface area contributed by atoms with Crippen LogP contribution in [0.2, 0.25) is 0 Å². The normalized spacial score (nSPS) is 38.1. The molecular formula is C9H17NO3. The molecule has 4 nitrogen and oxygen atoms in total. The Morgan fingerprint density at radius 1 is 1.38 bits per heavy atom. The Morgan fingerprint density at radius 2 is 2.31 bits per heavy atom. The van der Waals surface area contributed by atoms with E-state index in [0.717, 1.165) is 26.1 Å². The van der Waals surface area contributed by atoms with Crippen LogP contribution in [0.4, 0.5) is 0 Å². The first-order valence-corrected chi connectivity index (χ1v) is 4.96. The first-order valence-electron chi connectivity index (χ1n) is 4.96. The minimum Gasteiger partial charge on any atom is -0.373 e. The van der Waals surface area contributed by atoms with E-state index in [9.17, 15) is 0 Å². The van der Waals surface area contributed by atoms with Crippen molar-refractivity contribution in [2.24, 2.45) is 5.73 Å². The van der Waals surface area contributed by atoms with Gasteiger partial charge >= 0.3 is 0 Å². The van der Waals surface area contributed by atoms with Gasteiger partial charge in [0.15, 0.2) is 0 Å². The van der Waals surface area contributed by atoms with Gasteiger partial charge in [-0.15, -0.1) is 0 Å². The summed E-state index contributed by atoms with van der Waals surface area (Å²) in [5, 5.41) is 0. The average molecular weight is 187 g/mol. The fourth-order valence-electron chi connectivity index (χ4n) is 1.89. The molecule has 3 unspecified atom stereocenters. The Hall–Kier alpha value is -0.160. The van der Waals surface area contributed by atoms with Gasteiger partial charge in [-0.1, -0.05) is 0 Å². The Morgan fingerprint density at radius 3 is 3.15 bits per heavy atom. The zero-order chi connectivity index (χ0) is 9.10. The lowest BCUT2D eigenvalue weighted by molar-refractivity contribution is -0.0309. The molecule has 0 radical (unpaired) electrons. The number of nitrogens with two attached hydrogens (primary N) is 1. The second kappa shape index (κ2) is 4.37. The predicted molar refractivity (Wildman–Crippen MR) is 47.5 cm³/mol. The van der Waals surface area contributed by atoms with Crippen LogP contribution in [-0.2, 0) is 14.2 Å². The van der Waals surface area contributed by atoms with Gasteiger partial charge in [0, 0.05) is 13.2 Å². The summed E-state index contributed by atoms with van der Waals surface area (Å²) < 4.78 is 16.7. The van der Waals surface area contributed by atoms with Gasteiger partial charge in [0.1, 0.15) is 12.2 Å². The van der Waals surface area contributed by atoms with Crippen LogP contribution in [0.5, 0.6) is 0 Å².